The molecule has 1 N–H and O–H groups in total. The lowest BCUT2D eigenvalue weighted by Crippen LogP contribution is -2.11. The Morgan fingerprint density at radius 1 is 1.23 bits per heavy atom. The third-order valence-corrected chi connectivity index (χ3v) is 4.95. The lowest BCUT2D eigenvalue weighted by molar-refractivity contribution is 0.468. The first-order chi connectivity index (χ1) is 10.4. The molecule has 1 heterocycles. The summed E-state index contributed by atoms with van der Waals surface area (Å²) in [7, 11) is -2.86. The van der Waals surface area contributed by atoms with Crippen molar-refractivity contribution < 1.29 is 13.3 Å². The minimum Gasteiger partial charge on any atom is -0.454 e. The number of nitrogens with one attached hydrogen (secondary N) is 1. The second-order valence-electron chi connectivity index (χ2n) is 4.91. The zero-order chi connectivity index (χ0) is 15.9. The molecule has 0 amide bonds. The number of rotatable bonds is 2. The summed E-state index contributed by atoms with van der Waals surface area (Å²) in [4.78, 5) is 0.328. The minimum atomic E-state index is -2.86. The van der Waals surface area contributed by atoms with E-state index >= 15 is 0 Å². The van der Waals surface area contributed by atoms with Gasteiger partial charge in [-0.1, -0.05) is 25.3 Å². The van der Waals surface area contributed by atoms with E-state index in [2.05, 4.69) is 23.8 Å². The van der Waals surface area contributed by atoms with E-state index in [9.17, 15) is 8.60 Å². The van der Waals surface area contributed by atoms with Crippen LogP contribution in [0.1, 0.15) is 5.56 Å². The van der Waals surface area contributed by atoms with Gasteiger partial charge in [0, 0.05) is 6.07 Å². The molecule has 22 heavy (non-hydrogen) atoms. The predicted octanol–water partition coefficient (Wildman–Crippen LogP) is 4.23. The van der Waals surface area contributed by atoms with Crippen molar-refractivity contribution >= 4 is 26.8 Å². The quantitative estimate of drug-likeness (QED) is 0.665. The molecule has 0 saturated heterocycles. The van der Waals surface area contributed by atoms with Crippen molar-refractivity contribution in [3.8, 4) is 11.5 Å². The van der Waals surface area contributed by atoms with Crippen LogP contribution in [0.3, 0.4) is 0 Å². The highest BCUT2D eigenvalue weighted by atomic mass is 32.2. The molecule has 0 aromatic heterocycles. The van der Waals surface area contributed by atoms with Crippen molar-refractivity contribution in [2.75, 3.05) is 4.72 Å². The van der Waals surface area contributed by atoms with Gasteiger partial charge in [-0.2, -0.15) is 0 Å². The Morgan fingerprint density at radius 3 is 2.73 bits per heavy atom. The van der Waals surface area contributed by atoms with Crippen LogP contribution in [-0.4, -0.2) is 10.1 Å². The van der Waals surface area contributed by atoms with Crippen LogP contribution in [0.15, 0.2) is 60.5 Å². The lowest BCUT2D eigenvalue weighted by Gasteiger charge is -2.11. The smallest absolute Gasteiger partial charge is 0.151 e. The molecule has 1 aliphatic heterocycles. The van der Waals surface area contributed by atoms with Crippen LogP contribution in [0.5, 0.6) is 11.5 Å². The van der Waals surface area contributed by atoms with E-state index in [1.807, 2.05) is 0 Å². The standard InChI is InChI=1S/C17H14FNO2S/c1-4-11(2)12-5-7-15-14(9-12)19-22(3,20)17-8-6-13(18)10-16(17)21-15/h4-10H,1-3H2,(H,19,20). The van der Waals surface area contributed by atoms with E-state index in [1.54, 1.807) is 24.3 Å². The molecule has 112 valence electrons. The number of halogens is 1. The average Bonchev–Trinajstić information content (AvgIpc) is 2.58. The Hall–Kier alpha value is -2.53. The molecule has 1 unspecified atom stereocenters. The fraction of sp³-hybridized carbons (Fsp3) is 0. The van der Waals surface area contributed by atoms with Gasteiger partial charge in [-0.25, -0.2) is 8.60 Å². The fourth-order valence-corrected chi connectivity index (χ4v) is 3.54. The number of allylic oxidation sites excluding steroid dienone is 2. The Morgan fingerprint density at radius 2 is 2.00 bits per heavy atom. The number of anilines is 1. The van der Waals surface area contributed by atoms with Crippen LogP contribution in [0, 0.1) is 5.82 Å². The third-order valence-electron chi connectivity index (χ3n) is 3.35. The summed E-state index contributed by atoms with van der Waals surface area (Å²) >= 11 is 0. The maximum absolute atomic E-state index is 13.4. The first kappa shape index (κ1) is 14.4. The molecule has 5 heteroatoms. The summed E-state index contributed by atoms with van der Waals surface area (Å²) < 4.78 is 34.8. The predicted molar refractivity (Wildman–Crippen MR) is 89.3 cm³/mol. The molecule has 3 nitrogen and oxygen atoms in total. The third kappa shape index (κ3) is 2.40. The van der Waals surface area contributed by atoms with E-state index in [1.165, 1.54) is 18.2 Å². The lowest BCUT2D eigenvalue weighted by atomic mass is 10.1. The summed E-state index contributed by atoms with van der Waals surface area (Å²) in [5.74, 6) is 3.90. The second kappa shape index (κ2) is 5.03. The summed E-state index contributed by atoms with van der Waals surface area (Å²) in [5.41, 5.74) is 2.06. The van der Waals surface area contributed by atoms with E-state index in [4.69, 9.17) is 4.74 Å². The van der Waals surface area contributed by atoms with Crippen LogP contribution in [-0.2, 0) is 9.71 Å². The van der Waals surface area contributed by atoms with Gasteiger partial charge in [0.25, 0.3) is 0 Å². The van der Waals surface area contributed by atoms with Gasteiger partial charge in [0.2, 0.25) is 0 Å². The molecule has 1 aliphatic rings. The Kier molecular flexibility index (Phi) is 3.30. The SMILES string of the molecule is C=CC(=C)c1ccc2c(c1)NS(=C)(=O)c1ccc(F)cc1O2. The van der Waals surface area contributed by atoms with Gasteiger partial charge in [-0.05, 0) is 41.3 Å². The minimum absolute atomic E-state index is 0.196. The summed E-state index contributed by atoms with van der Waals surface area (Å²) in [6.07, 6.45) is 1.63. The van der Waals surface area contributed by atoms with Crippen LogP contribution in [0.25, 0.3) is 5.57 Å². The molecule has 0 bridgehead atoms. The van der Waals surface area contributed by atoms with Crippen molar-refractivity contribution in [3.05, 3.63) is 67.0 Å². The molecule has 0 aliphatic carbocycles. The fourth-order valence-electron chi connectivity index (χ4n) is 2.20. The molecule has 0 fully saturated rings. The first-order valence-electron chi connectivity index (χ1n) is 6.49. The largest absolute Gasteiger partial charge is 0.454 e. The molecular weight excluding hydrogens is 301 g/mol. The Balaban J connectivity index is 2.18. The highest BCUT2D eigenvalue weighted by Gasteiger charge is 2.22. The van der Waals surface area contributed by atoms with Gasteiger partial charge in [0.05, 0.1) is 20.3 Å². The van der Waals surface area contributed by atoms with E-state index in [0.29, 0.717) is 16.3 Å². The first-order valence-corrected chi connectivity index (χ1v) is 8.21. The number of ether oxygens (including phenoxy) is 1. The molecule has 0 saturated carbocycles. The molecule has 0 radical (unpaired) electrons. The highest BCUT2D eigenvalue weighted by molar-refractivity contribution is 8.01. The molecule has 3 rings (SSSR count). The van der Waals surface area contributed by atoms with Gasteiger partial charge in [-0.15, -0.1) is 0 Å². The van der Waals surface area contributed by atoms with Crippen LogP contribution in [0.2, 0.25) is 0 Å². The Bertz CT molecular complexity index is 901. The van der Waals surface area contributed by atoms with Crippen LogP contribution >= 0.6 is 0 Å². The van der Waals surface area contributed by atoms with E-state index in [-0.39, 0.29) is 5.75 Å². The molecule has 2 aromatic rings. The number of hydrogen-bond donors (Lipinski definition) is 1. The topological polar surface area (TPSA) is 38.3 Å². The summed E-state index contributed by atoms with van der Waals surface area (Å²) in [5, 5.41) is 0. The number of fused-ring (bicyclic) bond motifs is 2. The average molecular weight is 315 g/mol. The zero-order valence-corrected chi connectivity index (χ0v) is 12.6. The normalized spacial score (nSPS) is 19.0. The Labute approximate surface area is 128 Å². The number of hydrogen-bond acceptors (Lipinski definition) is 2. The number of benzene rings is 2. The highest BCUT2D eigenvalue weighted by Crippen LogP contribution is 2.40. The van der Waals surface area contributed by atoms with Crippen LogP contribution < -0.4 is 9.46 Å². The van der Waals surface area contributed by atoms with Gasteiger partial charge in [0.1, 0.15) is 11.6 Å². The zero-order valence-electron chi connectivity index (χ0n) is 11.8. The summed E-state index contributed by atoms with van der Waals surface area (Å²) in [6, 6.07) is 9.12. The van der Waals surface area contributed by atoms with Crippen molar-refractivity contribution in [1.29, 1.82) is 0 Å². The van der Waals surface area contributed by atoms with Crippen molar-refractivity contribution in [1.82, 2.24) is 0 Å². The molecule has 2 aromatic carbocycles. The molecule has 0 spiro atoms. The second-order valence-corrected chi connectivity index (χ2v) is 6.91. The van der Waals surface area contributed by atoms with E-state index < -0.39 is 15.5 Å². The monoisotopic (exact) mass is 315 g/mol. The molecular formula is C17H14FNO2S. The molecule has 1 atom stereocenters. The van der Waals surface area contributed by atoms with Crippen molar-refractivity contribution in [2.45, 2.75) is 4.90 Å². The van der Waals surface area contributed by atoms with Gasteiger partial charge < -0.3 is 9.46 Å². The van der Waals surface area contributed by atoms with Crippen molar-refractivity contribution in [3.63, 3.8) is 0 Å². The van der Waals surface area contributed by atoms with Gasteiger partial charge in [-0.3, -0.25) is 0 Å². The summed E-state index contributed by atoms with van der Waals surface area (Å²) in [6.45, 7) is 7.56. The van der Waals surface area contributed by atoms with Gasteiger partial charge in [0.15, 0.2) is 5.75 Å². The maximum atomic E-state index is 13.4. The van der Waals surface area contributed by atoms with Crippen molar-refractivity contribution in [2.24, 2.45) is 0 Å². The van der Waals surface area contributed by atoms with E-state index in [0.717, 1.165) is 11.1 Å². The van der Waals surface area contributed by atoms with Crippen LogP contribution in [0.4, 0.5) is 10.1 Å². The maximum Gasteiger partial charge on any atom is 0.151 e. The van der Waals surface area contributed by atoms with Gasteiger partial charge >= 0.3 is 0 Å².